The summed E-state index contributed by atoms with van der Waals surface area (Å²) >= 11 is 0. The van der Waals surface area contributed by atoms with Crippen molar-refractivity contribution in [1.29, 1.82) is 0 Å². The van der Waals surface area contributed by atoms with E-state index in [0.717, 1.165) is 18.5 Å². The van der Waals surface area contributed by atoms with Crippen LogP contribution in [-0.2, 0) is 15.1 Å². The molecule has 0 aromatic heterocycles. The van der Waals surface area contributed by atoms with Gasteiger partial charge in [-0.2, -0.15) is 0 Å². The van der Waals surface area contributed by atoms with Crippen LogP contribution in [0.5, 0.6) is 0 Å². The number of hydrogen-bond donors (Lipinski definition) is 0. The van der Waals surface area contributed by atoms with Crippen LogP contribution in [0.15, 0.2) is 36.9 Å². The van der Waals surface area contributed by atoms with Gasteiger partial charge in [0, 0.05) is 5.92 Å². The van der Waals surface area contributed by atoms with E-state index >= 15 is 0 Å². The quantitative estimate of drug-likeness (QED) is 0.619. The van der Waals surface area contributed by atoms with E-state index in [1.54, 1.807) is 18.2 Å². The van der Waals surface area contributed by atoms with E-state index in [2.05, 4.69) is 6.58 Å². The highest BCUT2D eigenvalue weighted by Gasteiger charge is 2.54. The van der Waals surface area contributed by atoms with Crippen LogP contribution < -0.4 is 0 Å². The van der Waals surface area contributed by atoms with Crippen molar-refractivity contribution in [2.75, 3.05) is 20.7 Å². The number of methoxy groups -OCH3 is 1. The molecule has 0 saturated carbocycles. The van der Waals surface area contributed by atoms with Gasteiger partial charge in [0.25, 0.3) is 0 Å². The van der Waals surface area contributed by atoms with Gasteiger partial charge in [0.1, 0.15) is 5.82 Å². The Morgan fingerprint density at radius 1 is 1.53 bits per heavy atom. The number of likely N-dealkylation sites (N-methyl/N-ethyl adjacent to an activating group) is 1. The summed E-state index contributed by atoms with van der Waals surface area (Å²) in [5.74, 6) is -0.695. The molecule has 0 amide bonds. The van der Waals surface area contributed by atoms with Crippen molar-refractivity contribution in [3.8, 4) is 0 Å². The number of benzene rings is 1. The minimum absolute atomic E-state index is 0.0459. The summed E-state index contributed by atoms with van der Waals surface area (Å²) in [6.45, 7) is 4.59. The summed E-state index contributed by atoms with van der Waals surface area (Å²) in [5, 5.41) is 0. The number of likely N-dealkylation sites (tertiary alicyclic amines) is 1. The zero-order valence-corrected chi connectivity index (χ0v) is 11.2. The highest BCUT2D eigenvalue weighted by molar-refractivity contribution is 5.84. The van der Waals surface area contributed by atoms with Gasteiger partial charge in [-0.05, 0) is 37.7 Å². The molecule has 2 rings (SSSR count). The average molecular weight is 263 g/mol. The number of carbonyl (C=O) groups is 1. The molecule has 3 nitrogen and oxygen atoms in total. The van der Waals surface area contributed by atoms with Crippen molar-refractivity contribution >= 4 is 5.97 Å². The Morgan fingerprint density at radius 2 is 2.16 bits per heavy atom. The molecule has 0 spiro atoms. The van der Waals surface area contributed by atoms with E-state index in [0.29, 0.717) is 0 Å². The van der Waals surface area contributed by atoms with Crippen molar-refractivity contribution < 1.29 is 13.9 Å². The maximum absolute atomic E-state index is 13.1. The van der Waals surface area contributed by atoms with Gasteiger partial charge in [-0.3, -0.25) is 4.90 Å². The second-order valence-corrected chi connectivity index (χ2v) is 4.82. The zero-order valence-electron chi connectivity index (χ0n) is 11.2. The SMILES string of the molecule is C=C[C@H]1CCN(C)[C@]1(C(=O)OC)c1ccc(F)cc1. The lowest BCUT2D eigenvalue weighted by Gasteiger charge is -2.37. The molecule has 0 bridgehead atoms. The molecule has 4 heteroatoms. The van der Waals surface area contributed by atoms with E-state index in [1.807, 2.05) is 11.9 Å². The molecule has 0 N–H and O–H groups in total. The van der Waals surface area contributed by atoms with Crippen LogP contribution in [0.1, 0.15) is 12.0 Å². The molecular formula is C15H18FNO2. The number of halogens is 1. The van der Waals surface area contributed by atoms with Crippen molar-refractivity contribution in [3.63, 3.8) is 0 Å². The topological polar surface area (TPSA) is 29.5 Å². The molecular weight excluding hydrogens is 245 g/mol. The van der Waals surface area contributed by atoms with Gasteiger partial charge in [-0.1, -0.05) is 18.2 Å². The Kier molecular flexibility index (Phi) is 3.71. The molecule has 102 valence electrons. The van der Waals surface area contributed by atoms with E-state index in [1.165, 1.54) is 19.2 Å². The Labute approximate surface area is 112 Å². The molecule has 0 radical (unpaired) electrons. The number of nitrogens with zero attached hydrogens (tertiary/aromatic N) is 1. The maximum atomic E-state index is 13.1. The molecule has 1 aliphatic rings. The molecule has 1 fully saturated rings. The molecule has 1 aromatic rings. The largest absolute Gasteiger partial charge is 0.467 e. The van der Waals surface area contributed by atoms with Gasteiger partial charge in [0.05, 0.1) is 7.11 Å². The highest BCUT2D eigenvalue weighted by atomic mass is 19.1. The lowest BCUT2D eigenvalue weighted by Crippen LogP contribution is -2.50. The van der Waals surface area contributed by atoms with Crippen LogP contribution in [0.2, 0.25) is 0 Å². The Bertz CT molecular complexity index is 485. The van der Waals surface area contributed by atoms with Gasteiger partial charge in [0.15, 0.2) is 5.54 Å². The van der Waals surface area contributed by atoms with Gasteiger partial charge in [-0.25, -0.2) is 9.18 Å². The Balaban J connectivity index is 2.60. The van der Waals surface area contributed by atoms with Gasteiger partial charge in [0.2, 0.25) is 0 Å². The fourth-order valence-electron chi connectivity index (χ4n) is 3.01. The first kappa shape index (κ1) is 13.7. The van der Waals surface area contributed by atoms with Crippen LogP contribution in [-0.4, -0.2) is 31.6 Å². The summed E-state index contributed by atoms with van der Waals surface area (Å²) in [7, 11) is 3.25. The predicted octanol–water partition coefficient (Wildman–Crippen LogP) is 2.33. The second-order valence-electron chi connectivity index (χ2n) is 4.82. The molecule has 1 aliphatic heterocycles. The predicted molar refractivity (Wildman–Crippen MR) is 71.0 cm³/mol. The minimum atomic E-state index is -0.899. The second kappa shape index (κ2) is 5.13. The monoisotopic (exact) mass is 263 g/mol. The zero-order chi connectivity index (χ0) is 14.0. The molecule has 2 atom stereocenters. The summed E-state index contributed by atoms with van der Waals surface area (Å²) in [5.41, 5.74) is -0.157. The molecule has 0 unspecified atom stereocenters. The third-order valence-corrected chi connectivity index (χ3v) is 3.98. The van der Waals surface area contributed by atoms with Gasteiger partial charge < -0.3 is 4.74 Å². The fraction of sp³-hybridized carbons (Fsp3) is 0.400. The summed E-state index contributed by atoms with van der Waals surface area (Å²) in [6.07, 6.45) is 2.61. The number of carbonyl (C=O) groups excluding carboxylic acids is 1. The van der Waals surface area contributed by atoms with Gasteiger partial charge in [-0.15, -0.1) is 6.58 Å². The first-order valence-corrected chi connectivity index (χ1v) is 6.25. The van der Waals surface area contributed by atoms with E-state index in [9.17, 15) is 9.18 Å². The van der Waals surface area contributed by atoms with Gasteiger partial charge >= 0.3 is 5.97 Å². The molecule has 0 aliphatic carbocycles. The van der Waals surface area contributed by atoms with E-state index < -0.39 is 5.54 Å². The van der Waals surface area contributed by atoms with Crippen LogP contribution >= 0.6 is 0 Å². The average Bonchev–Trinajstić information content (AvgIpc) is 2.76. The number of esters is 1. The Morgan fingerprint density at radius 3 is 2.68 bits per heavy atom. The fourth-order valence-corrected chi connectivity index (χ4v) is 3.01. The van der Waals surface area contributed by atoms with E-state index in [4.69, 9.17) is 4.74 Å². The summed E-state index contributed by atoms with van der Waals surface area (Å²) < 4.78 is 18.1. The third kappa shape index (κ3) is 1.96. The normalized spacial score (nSPS) is 27.2. The highest BCUT2D eigenvalue weighted by Crippen LogP contribution is 2.44. The Hall–Kier alpha value is -1.68. The van der Waals surface area contributed by atoms with Crippen molar-refractivity contribution in [2.45, 2.75) is 12.0 Å². The van der Waals surface area contributed by atoms with Crippen LogP contribution in [0, 0.1) is 11.7 Å². The molecule has 1 heterocycles. The van der Waals surface area contributed by atoms with Crippen molar-refractivity contribution in [3.05, 3.63) is 48.3 Å². The molecule has 19 heavy (non-hydrogen) atoms. The summed E-state index contributed by atoms with van der Waals surface area (Å²) in [6, 6.07) is 6.02. The first-order chi connectivity index (χ1) is 9.07. The first-order valence-electron chi connectivity index (χ1n) is 6.25. The van der Waals surface area contributed by atoms with Crippen LogP contribution in [0.4, 0.5) is 4.39 Å². The number of rotatable bonds is 3. The van der Waals surface area contributed by atoms with E-state index in [-0.39, 0.29) is 17.7 Å². The standard InChI is InChI=1S/C15H18FNO2/c1-4-11-9-10-17(2)15(11,14(18)19-3)12-5-7-13(16)8-6-12/h4-8,11H,1,9-10H2,2-3H3/t11-,15-/m0/s1. The smallest absolute Gasteiger partial charge is 0.331 e. The maximum Gasteiger partial charge on any atom is 0.331 e. The lowest BCUT2D eigenvalue weighted by molar-refractivity contribution is -0.155. The number of ether oxygens (including phenoxy) is 1. The minimum Gasteiger partial charge on any atom is -0.467 e. The molecule has 1 aromatic carbocycles. The lowest BCUT2D eigenvalue weighted by atomic mass is 9.78. The summed E-state index contributed by atoms with van der Waals surface area (Å²) in [4.78, 5) is 14.4. The van der Waals surface area contributed by atoms with Crippen molar-refractivity contribution in [2.24, 2.45) is 5.92 Å². The number of hydrogen-bond acceptors (Lipinski definition) is 3. The van der Waals surface area contributed by atoms with Crippen molar-refractivity contribution in [1.82, 2.24) is 4.90 Å². The third-order valence-electron chi connectivity index (χ3n) is 3.98. The van der Waals surface area contributed by atoms with Crippen LogP contribution in [0.3, 0.4) is 0 Å². The van der Waals surface area contributed by atoms with Crippen LogP contribution in [0.25, 0.3) is 0 Å². The molecule has 1 saturated heterocycles.